The van der Waals surface area contributed by atoms with E-state index in [1.54, 1.807) is 18.7 Å². The molecule has 132 valence electrons. The molecule has 1 aliphatic rings. The molecule has 0 aromatic heterocycles. The second-order valence-corrected chi connectivity index (χ2v) is 7.29. The number of hydrogen-bond acceptors (Lipinski definition) is 5. The molecular formula is C19H27NO3S. The van der Waals surface area contributed by atoms with Gasteiger partial charge in [0.1, 0.15) is 5.75 Å². The Hall–Kier alpha value is -1.46. The van der Waals surface area contributed by atoms with E-state index in [1.807, 2.05) is 38.1 Å². The van der Waals surface area contributed by atoms with Crippen LogP contribution in [0.2, 0.25) is 0 Å². The van der Waals surface area contributed by atoms with Crippen molar-refractivity contribution in [3.63, 3.8) is 0 Å². The van der Waals surface area contributed by atoms with Crippen molar-refractivity contribution in [3.8, 4) is 5.75 Å². The van der Waals surface area contributed by atoms with E-state index in [0.29, 0.717) is 12.5 Å². The lowest BCUT2D eigenvalue weighted by atomic mass is 9.93. The number of allylic oxidation sites excluding steroid dienone is 2. The number of benzene rings is 1. The molecule has 0 aliphatic carbocycles. The average Bonchev–Trinajstić information content (AvgIpc) is 2.56. The maximum atomic E-state index is 11.9. The van der Waals surface area contributed by atoms with E-state index in [-0.39, 0.29) is 17.8 Å². The fourth-order valence-corrected chi connectivity index (χ4v) is 4.36. The van der Waals surface area contributed by atoms with Crippen molar-refractivity contribution >= 4 is 23.2 Å². The van der Waals surface area contributed by atoms with Crippen LogP contribution in [0.5, 0.6) is 5.75 Å². The zero-order valence-electron chi connectivity index (χ0n) is 14.7. The van der Waals surface area contributed by atoms with Crippen molar-refractivity contribution in [1.82, 2.24) is 0 Å². The smallest absolute Gasteiger partial charge is 0.166 e. The average molecular weight is 349 g/mol. The Bertz CT molecular complexity index is 583. The van der Waals surface area contributed by atoms with E-state index in [2.05, 4.69) is 5.32 Å². The minimum atomic E-state index is 0.136. The Morgan fingerprint density at radius 1 is 1.38 bits per heavy atom. The molecule has 1 aromatic rings. The molecule has 1 heterocycles. The quantitative estimate of drug-likeness (QED) is 0.736. The summed E-state index contributed by atoms with van der Waals surface area (Å²) in [5.41, 5.74) is 2.19. The van der Waals surface area contributed by atoms with Crippen LogP contribution in [0, 0.1) is 5.92 Å². The molecule has 0 fully saturated rings. The molecule has 2 rings (SSSR count). The molecule has 24 heavy (non-hydrogen) atoms. The number of carbonyl (C=O) groups is 1. The van der Waals surface area contributed by atoms with E-state index in [1.165, 1.54) is 5.57 Å². The minimum absolute atomic E-state index is 0.136. The summed E-state index contributed by atoms with van der Waals surface area (Å²) in [6.07, 6.45) is 2.63. The molecule has 0 saturated carbocycles. The van der Waals surface area contributed by atoms with Gasteiger partial charge in [0.15, 0.2) is 5.78 Å². The largest absolute Gasteiger partial charge is 0.494 e. The highest BCUT2D eigenvalue weighted by atomic mass is 32.2. The monoisotopic (exact) mass is 349 g/mol. The number of carbonyl (C=O) groups excluding carboxylic acids is 1. The molecule has 2 unspecified atom stereocenters. The molecule has 0 saturated heterocycles. The normalized spacial score (nSPS) is 20.8. The molecule has 2 N–H and O–H groups in total. The zero-order chi connectivity index (χ0) is 17.5. The van der Waals surface area contributed by atoms with Crippen LogP contribution in [-0.4, -0.2) is 29.5 Å². The highest BCUT2D eigenvalue weighted by molar-refractivity contribution is 8.04. The van der Waals surface area contributed by atoms with Crippen molar-refractivity contribution in [2.24, 2.45) is 5.92 Å². The van der Waals surface area contributed by atoms with Crippen LogP contribution in [-0.2, 0) is 4.79 Å². The van der Waals surface area contributed by atoms with Gasteiger partial charge in [-0.1, -0.05) is 17.3 Å². The summed E-state index contributed by atoms with van der Waals surface area (Å²) in [6, 6.07) is 7.92. The van der Waals surface area contributed by atoms with E-state index in [0.717, 1.165) is 35.6 Å². The number of anilines is 1. The Kier molecular flexibility index (Phi) is 7.18. The third kappa shape index (κ3) is 5.02. The van der Waals surface area contributed by atoms with Gasteiger partial charge >= 0.3 is 0 Å². The molecule has 0 amide bonds. The predicted molar refractivity (Wildman–Crippen MR) is 100 cm³/mol. The van der Waals surface area contributed by atoms with Crippen molar-refractivity contribution < 1.29 is 14.6 Å². The van der Waals surface area contributed by atoms with Gasteiger partial charge in [0, 0.05) is 12.3 Å². The first-order valence-corrected chi connectivity index (χ1v) is 9.40. The number of thioether (sulfide) groups is 1. The summed E-state index contributed by atoms with van der Waals surface area (Å²) >= 11 is 1.62. The van der Waals surface area contributed by atoms with Crippen molar-refractivity contribution in [1.29, 1.82) is 0 Å². The van der Waals surface area contributed by atoms with Crippen LogP contribution in [0.15, 0.2) is 34.7 Å². The van der Waals surface area contributed by atoms with Gasteiger partial charge in [-0.3, -0.25) is 4.79 Å². The molecule has 1 aromatic carbocycles. The lowest BCUT2D eigenvalue weighted by Crippen LogP contribution is -2.30. The van der Waals surface area contributed by atoms with Crippen LogP contribution in [0.25, 0.3) is 0 Å². The fraction of sp³-hybridized carbons (Fsp3) is 0.526. The third-order valence-electron chi connectivity index (χ3n) is 4.16. The minimum Gasteiger partial charge on any atom is -0.494 e. The number of hydrogen-bond donors (Lipinski definition) is 2. The van der Waals surface area contributed by atoms with Gasteiger partial charge in [0.25, 0.3) is 0 Å². The van der Waals surface area contributed by atoms with Gasteiger partial charge in [0.05, 0.1) is 16.9 Å². The second-order valence-electron chi connectivity index (χ2n) is 6.14. The standard InChI is InChI=1S/C19H27NO3S/c1-4-23-17-9-7-16(8-10-17)20-19-15(6-5-11-21)12-13(2)18(24-19)14(3)22/h7-10,15,19-21H,4-6,11-12H2,1-3H3. The van der Waals surface area contributed by atoms with Crippen molar-refractivity contribution in [2.45, 2.75) is 45.4 Å². The summed E-state index contributed by atoms with van der Waals surface area (Å²) in [6.45, 7) is 6.50. The van der Waals surface area contributed by atoms with Crippen LogP contribution < -0.4 is 10.1 Å². The van der Waals surface area contributed by atoms with Gasteiger partial charge in [-0.25, -0.2) is 0 Å². The summed E-state index contributed by atoms with van der Waals surface area (Å²) in [5, 5.41) is 12.8. The van der Waals surface area contributed by atoms with Crippen molar-refractivity contribution in [3.05, 3.63) is 34.7 Å². The van der Waals surface area contributed by atoms with Crippen LogP contribution in [0.4, 0.5) is 5.69 Å². The molecule has 0 bridgehead atoms. The third-order valence-corrected chi connectivity index (χ3v) is 5.78. The number of Topliss-reactive ketones (excluding diaryl/α,β-unsaturated/α-hetero) is 1. The Morgan fingerprint density at radius 2 is 2.08 bits per heavy atom. The van der Waals surface area contributed by atoms with Gasteiger partial charge in [-0.2, -0.15) is 0 Å². The van der Waals surface area contributed by atoms with E-state index < -0.39 is 0 Å². The SMILES string of the molecule is CCOc1ccc(NC2SC(C(C)=O)=C(C)CC2CCCO)cc1. The topological polar surface area (TPSA) is 58.6 Å². The first-order valence-electron chi connectivity index (χ1n) is 8.52. The molecule has 5 heteroatoms. The van der Waals surface area contributed by atoms with Gasteiger partial charge < -0.3 is 15.2 Å². The molecular weight excluding hydrogens is 322 g/mol. The van der Waals surface area contributed by atoms with E-state index in [4.69, 9.17) is 9.84 Å². The first kappa shape index (κ1) is 18.9. The van der Waals surface area contributed by atoms with Crippen LogP contribution in [0.3, 0.4) is 0 Å². The highest BCUT2D eigenvalue weighted by Gasteiger charge is 2.30. The molecule has 1 aliphatic heterocycles. The molecule has 2 atom stereocenters. The van der Waals surface area contributed by atoms with Gasteiger partial charge in [-0.05, 0) is 70.2 Å². The predicted octanol–water partition coefficient (Wildman–Crippen LogP) is 4.21. The second kappa shape index (κ2) is 9.14. The van der Waals surface area contributed by atoms with Crippen LogP contribution in [0.1, 0.15) is 40.0 Å². The fourth-order valence-electron chi connectivity index (χ4n) is 3.03. The Balaban J connectivity index is 2.12. The van der Waals surface area contributed by atoms with E-state index in [9.17, 15) is 4.79 Å². The summed E-state index contributed by atoms with van der Waals surface area (Å²) in [4.78, 5) is 12.8. The molecule has 0 spiro atoms. The number of ether oxygens (including phenoxy) is 1. The van der Waals surface area contributed by atoms with E-state index >= 15 is 0 Å². The Morgan fingerprint density at radius 3 is 2.67 bits per heavy atom. The number of ketones is 1. The Labute approximate surface area is 148 Å². The van der Waals surface area contributed by atoms with Crippen LogP contribution >= 0.6 is 11.8 Å². The first-order chi connectivity index (χ1) is 11.5. The number of aliphatic hydroxyl groups excluding tert-OH is 1. The van der Waals surface area contributed by atoms with Gasteiger partial charge in [0.2, 0.25) is 0 Å². The lowest BCUT2D eigenvalue weighted by molar-refractivity contribution is -0.113. The van der Waals surface area contributed by atoms with Crippen molar-refractivity contribution in [2.75, 3.05) is 18.5 Å². The molecule has 4 nitrogen and oxygen atoms in total. The summed E-state index contributed by atoms with van der Waals surface area (Å²) in [7, 11) is 0. The summed E-state index contributed by atoms with van der Waals surface area (Å²) in [5.74, 6) is 1.39. The highest BCUT2D eigenvalue weighted by Crippen LogP contribution is 2.41. The number of nitrogens with one attached hydrogen (secondary N) is 1. The maximum absolute atomic E-state index is 11.9. The lowest BCUT2D eigenvalue weighted by Gasteiger charge is -2.34. The molecule has 0 radical (unpaired) electrons. The number of aliphatic hydroxyl groups is 1. The maximum Gasteiger partial charge on any atom is 0.166 e. The number of rotatable bonds is 8. The zero-order valence-corrected chi connectivity index (χ0v) is 15.5. The summed E-state index contributed by atoms with van der Waals surface area (Å²) < 4.78 is 5.47. The van der Waals surface area contributed by atoms with Gasteiger partial charge in [-0.15, -0.1) is 0 Å².